The van der Waals surface area contributed by atoms with E-state index in [-0.39, 0.29) is 12.2 Å². The fraction of sp³-hybridized carbons (Fsp3) is 0.200. The van der Waals surface area contributed by atoms with Crippen LogP contribution in [0.2, 0.25) is 5.02 Å². The molecule has 0 amide bonds. The number of carbonyl (C=O) groups is 2. The number of para-hydroxylation sites is 1. The maximum atomic E-state index is 13.6. The summed E-state index contributed by atoms with van der Waals surface area (Å²) in [6.45, 7) is 4.96. The predicted molar refractivity (Wildman–Crippen MR) is 130 cm³/mol. The number of allylic oxidation sites excluding steroid dienone is 1. The second-order valence-corrected chi connectivity index (χ2v) is 8.93. The first-order valence-electron chi connectivity index (χ1n) is 10.5. The number of ether oxygens (including phenoxy) is 2. The van der Waals surface area contributed by atoms with Crippen LogP contribution in [-0.4, -0.2) is 23.1 Å². The van der Waals surface area contributed by atoms with Gasteiger partial charge in [-0.15, -0.1) is 0 Å². The van der Waals surface area contributed by atoms with E-state index in [0.29, 0.717) is 42.5 Å². The number of hydrogen-bond acceptors (Lipinski definition) is 7. The summed E-state index contributed by atoms with van der Waals surface area (Å²) in [7, 11) is 0. The number of carbonyl (C=O) groups excluding carboxylic acids is 2. The fourth-order valence-corrected chi connectivity index (χ4v) is 4.90. The summed E-state index contributed by atoms with van der Waals surface area (Å²) in [5, 5.41) is 0.539. The monoisotopic (exact) mass is 496 g/mol. The van der Waals surface area contributed by atoms with E-state index in [1.807, 2.05) is 0 Å². The number of hydrogen-bond donors (Lipinski definition) is 0. The molecule has 2 heterocycles. The zero-order chi connectivity index (χ0) is 24.4. The van der Waals surface area contributed by atoms with Gasteiger partial charge in [-0.1, -0.05) is 53.3 Å². The molecule has 4 rings (SSSR count). The Morgan fingerprint density at radius 1 is 1.18 bits per heavy atom. The molecule has 1 aromatic heterocycles. The van der Waals surface area contributed by atoms with E-state index < -0.39 is 18.0 Å². The van der Waals surface area contributed by atoms with Crippen molar-refractivity contribution in [2.45, 2.75) is 26.8 Å². The second kappa shape index (κ2) is 9.79. The minimum Gasteiger partial charge on any atom is -0.463 e. The average molecular weight is 497 g/mol. The summed E-state index contributed by atoms with van der Waals surface area (Å²) in [5.41, 5.74) is 1.73. The van der Waals surface area contributed by atoms with Crippen LogP contribution >= 0.6 is 22.9 Å². The summed E-state index contributed by atoms with van der Waals surface area (Å²) >= 11 is 7.27. The van der Waals surface area contributed by atoms with Crippen LogP contribution in [0.1, 0.15) is 37.9 Å². The summed E-state index contributed by atoms with van der Waals surface area (Å²) in [6, 6.07) is 13.2. The third-order valence-corrected chi connectivity index (χ3v) is 6.40. The highest BCUT2D eigenvalue weighted by Crippen LogP contribution is 2.31. The van der Waals surface area contributed by atoms with Gasteiger partial charge in [0.15, 0.2) is 4.80 Å². The summed E-state index contributed by atoms with van der Waals surface area (Å²) < 4.78 is 12.4. The lowest BCUT2D eigenvalue weighted by molar-refractivity contribution is -0.139. The van der Waals surface area contributed by atoms with Crippen LogP contribution < -0.4 is 19.6 Å². The molecule has 0 aliphatic carbocycles. The Hall–Kier alpha value is -3.49. The summed E-state index contributed by atoms with van der Waals surface area (Å²) in [6.07, 6.45) is 1.66. The lowest BCUT2D eigenvalue weighted by atomic mass is 9.96. The smallest absolute Gasteiger partial charge is 0.338 e. The Labute approximate surface area is 204 Å². The first kappa shape index (κ1) is 23.7. The topological polar surface area (TPSA) is 87.0 Å². The lowest BCUT2D eigenvalue weighted by Gasteiger charge is -2.24. The molecule has 3 aromatic rings. The Balaban J connectivity index is 1.94. The zero-order valence-electron chi connectivity index (χ0n) is 18.7. The minimum atomic E-state index is -0.724. The predicted octanol–water partition coefficient (Wildman–Crippen LogP) is 3.38. The molecule has 1 aliphatic heterocycles. The van der Waals surface area contributed by atoms with Gasteiger partial charge in [0.2, 0.25) is 0 Å². The van der Waals surface area contributed by atoms with Gasteiger partial charge < -0.3 is 9.47 Å². The minimum absolute atomic E-state index is 0.195. The standard InChI is InChI=1S/C25H21ClN2O5S/c1-4-32-24(31)21-14(2)27-25-28(22(21)16-9-11-18(26)12-10-16)23(30)20(34-25)13-17-7-5-6-8-19(17)33-15(3)29/h5-13,22H,4H2,1-3H3/b20-13+/t22-/m1/s1. The Morgan fingerprint density at radius 2 is 1.88 bits per heavy atom. The molecule has 0 N–H and O–H groups in total. The number of aromatic nitrogens is 1. The molecule has 0 spiro atoms. The van der Waals surface area contributed by atoms with Crippen molar-refractivity contribution in [2.24, 2.45) is 4.99 Å². The Morgan fingerprint density at radius 3 is 2.56 bits per heavy atom. The molecule has 1 atom stereocenters. The molecular weight excluding hydrogens is 476 g/mol. The van der Waals surface area contributed by atoms with E-state index in [1.54, 1.807) is 68.5 Å². The quantitative estimate of drug-likeness (QED) is 0.399. The number of esters is 2. The van der Waals surface area contributed by atoms with Gasteiger partial charge in [-0.2, -0.15) is 0 Å². The highest BCUT2D eigenvalue weighted by Gasteiger charge is 2.33. The van der Waals surface area contributed by atoms with Gasteiger partial charge in [0.1, 0.15) is 5.75 Å². The van der Waals surface area contributed by atoms with Crippen molar-refractivity contribution in [3.8, 4) is 5.75 Å². The van der Waals surface area contributed by atoms with E-state index in [0.717, 1.165) is 0 Å². The van der Waals surface area contributed by atoms with Gasteiger partial charge >= 0.3 is 11.9 Å². The van der Waals surface area contributed by atoms with Crippen molar-refractivity contribution < 1.29 is 19.1 Å². The molecule has 2 aromatic carbocycles. The molecular formula is C25H21ClN2O5S. The fourth-order valence-electron chi connectivity index (χ4n) is 3.74. The zero-order valence-corrected chi connectivity index (χ0v) is 20.3. The van der Waals surface area contributed by atoms with Crippen LogP contribution in [-0.2, 0) is 14.3 Å². The van der Waals surface area contributed by atoms with Crippen LogP contribution in [0.5, 0.6) is 5.75 Å². The molecule has 7 nitrogen and oxygen atoms in total. The van der Waals surface area contributed by atoms with E-state index in [9.17, 15) is 14.4 Å². The van der Waals surface area contributed by atoms with Crippen LogP contribution in [0, 0.1) is 0 Å². The third kappa shape index (κ3) is 4.60. The molecule has 0 unspecified atom stereocenters. The van der Waals surface area contributed by atoms with Crippen LogP contribution in [0.4, 0.5) is 0 Å². The maximum Gasteiger partial charge on any atom is 0.338 e. The molecule has 1 aliphatic rings. The first-order chi connectivity index (χ1) is 16.3. The average Bonchev–Trinajstić information content (AvgIpc) is 3.09. The Bertz CT molecular complexity index is 1480. The highest BCUT2D eigenvalue weighted by atomic mass is 35.5. The van der Waals surface area contributed by atoms with Crippen molar-refractivity contribution in [3.63, 3.8) is 0 Å². The van der Waals surface area contributed by atoms with E-state index in [2.05, 4.69) is 4.99 Å². The number of rotatable bonds is 5. The SMILES string of the molecule is CCOC(=O)C1=C(C)N=c2s/c(=C/c3ccccc3OC(C)=O)c(=O)n2[C@@H]1c1ccc(Cl)cc1. The van der Waals surface area contributed by atoms with Crippen molar-refractivity contribution in [1.29, 1.82) is 0 Å². The van der Waals surface area contributed by atoms with Crippen LogP contribution in [0.3, 0.4) is 0 Å². The van der Waals surface area contributed by atoms with E-state index in [1.165, 1.54) is 22.8 Å². The van der Waals surface area contributed by atoms with Crippen molar-refractivity contribution in [2.75, 3.05) is 6.61 Å². The number of thiazole rings is 1. The maximum absolute atomic E-state index is 13.6. The van der Waals surface area contributed by atoms with Crippen molar-refractivity contribution in [3.05, 3.63) is 95.6 Å². The lowest BCUT2D eigenvalue weighted by Crippen LogP contribution is -2.39. The molecule has 9 heteroatoms. The Kier molecular flexibility index (Phi) is 6.81. The number of fused-ring (bicyclic) bond motifs is 1. The molecule has 0 saturated carbocycles. The molecule has 0 saturated heterocycles. The van der Waals surface area contributed by atoms with Crippen molar-refractivity contribution >= 4 is 41.0 Å². The van der Waals surface area contributed by atoms with Gasteiger partial charge in [-0.25, -0.2) is 9.79 Å². The van der Waals surface area contributed by atoms with Gasteiger partial charge in [-0.3, -0.25) is 14.2 Å². The highest BCUT2D eigenvalue weighted by molar-refractivity contribution is 7.07. The molecule has 0 radical (unpaired) electrons. The molecule has 34 heavy (non-hydrogen) atoms. The van der Waals surface area contributed by atoms with Crippen LogP contribution in [0.15, 0.2) is 69.6 Å². The largest absolute Gasteiger partial charge is 0.463 e. The van der Waals surface area contributed by atoms with E-state index >= 15 is 0 Å². The first-order valence-corrected chi connectivity index (χ1v) is 11.7. The number of benzene rings is 2. The molecule has 174 valence electrons. The second-order valence-electron chi connectivity index (χ2n) is 7.49. The van der Waals surface area contributed by atoms with Gasteiger partial charge in [0, 0.05) is 17.5 Å². The molecule has 0 bridgehead atoms. The summed E-state index contributed by atoms with van der Waals surface area (Å²) in [4.78, 5) is 43.0. The van der Waals surface area contributed by atoms with Crippen LogP contribution in [0.25, 0.3) is 6.08 Å². The third-order valence-electron chi connectivity index (χ3n) is 5.16. The normalized spacial score (nSPS) is 15.5. The van der Waals surface area contributed by atoms with E-state index in [4.69, 9.17) is 21.1 Å². The van der Waals surface area contributed by atoms with Crippen molar-refractivity contribution in [1.82, 2.24) is 4.57 Å². The number of halogens is 1. The number of nitrogens with zero attached hydrogens (tertiary/aromatic N) is 2. The molecule has 0 fully saturated rings. The van der Waals surface area contributed by atoms with Gasteiger partial charge in [0.05, 0.1) is 28.5 Å². The summed E-state index contributed by atoms with van der Waals surface area (Å²) in [5.74, 6) is -0.642. The van der Waals surface area contributed by atoms with Gasteiger partial charge in [-0.05, 0) is 43.7 Å². The van der Waals surface area contributed by atoms with Gasteiger partial charge in [0.25, 0.3) is 5.56 Å².